The van der Waals surface area contributed by atoms with E-state index in [2.05, 4.69) is 30.8 Å². The van der Waals surface area contributed by atoms with Crippen molar-refractivity contribution in [2.24, 2.45) is 0 Å². The van der Waals surface area contributed by atoms with Crippen LogP contribution < -0.4 is 0 Å². The highest BCUT2D eigenvalue weighted by Crippen LogP contribution is 2.27. The standard InChI is InChI=1S/C17H17NS/c1-2-3-9-17(18)14-10-12-16(13-11-14)19-15-7-5-4-6-8-15/h2,4-8,10-13,18H,1,3,9H2. The van der Waals surface area contributed by atoms with Crippen LogP contribution in [0, 0.1) is 5.41 Å². The zero-order valence-corrected chi connectivity index (χ0v) is 11.6. The number of rotatable bonds is 6. The molecule has 2 aromatic rings. The van der Waals surface area contributed by atoms with E-state index in [1.807, 2.05) is 36.4 Å². The Hall–Kier alpha value is -1.80. The first kappa shape index (κ1) is 13.6. The fourth-order valence-corrected chi connectivity index (χ4v) is 2.58. The molecule has 0 unspecified atom stereocenters. The van der Waals surface area contributed by atoms with E-state index in [1.165, 1.54) is 9.79 Å². The van der Waals surface area contributed by atoms with Crippen molar-refractivity contribution in [3.63, 3.8) is 0 Å². The Bertz CT molecular complexity index is 543. The molecule has 0 fully saturated rings. The van der Waals surface area contributed by atoms with E-state index in [4.69, 9.17) is 5.41 Å². The molecule has 0 heterocycles. The van der Waals surface area contributed by atoms with Gasteiger partial charge < -0.3 is 5.41 Å². The van der Waals surface area contributed by atoms with Gasteiger partial charge in [-0.1, -0.05) is 48.2 Å². The Kier molecular flexibility index (Phi) is 4.99. The second-order valence-corrected chi connectivity index (χ2v) is 5.39. The minimum absolute atomic E-state index is 0.677. The predicted molar refractivity (Wildman–Crippen MR) is 83.3 cm³/mol. The third-order valence-electron chi connectivity index (χ3n) is 2.78. The number of hydrogen-bond donors (Lipinski definition) is 1. The summed E-state index contributed by atoms with van der Waals surface area (Å²) in [5.41, 5.74) is 1.68. The smallest absolute Gasteiger partial charge is 0.0389 e. The molecule has 0 bridgehead atoms. The predicted octanol–water partition coefficient (Wildman–Crippen LogP) is 5.17. The van der Waals surface area contributed by atoms with Crippen molar-refractivity contribution in [2.45, 2.75) is 22.6 Å². The van der Waals surface area contributed by atoms with Crippen LogP contribution in [0.5, 0.6) is 0 Å². The Morgan fingerprint density at radius 2 is 1.63 bits per heavy atom. The number of allylic oxidation sites excluding steroid dienone is 1. The zero-order valence-electron chi connectivity index (χ0n) is 10.8. The highest BCUT2D eigenvalue weighted by Gasteiger charge is 2.01. The summed E-state index contributed by atoms with van der Waals surface area (Å²) in [5.74, 6) is 0. The second-order valence-electron chi connectivity index (χ2n) is 4.25. The van der Waals surface area contributed by atoms with Gasteiger partial charge in [0, 0.05) is 15.5 Å². The van der Waals surface area contributed by atoms with Crippen molar-refractivity contribution in [3.8, 4) is 0 Å². The molecule has 1 nitrogen and oxygen atoms in total. The van der Waals surface area contributed by atoms with E-state index in [0.717, 1.165) is 18.4 Å². The minimum atomic E-state index is 0.677. The SMILES string of the molecule is C=CCCC(=N)c1ccc(Sc2ccccc2)cc1. The molecule has 0 atom stereocenters. The quantitative estimate of drug-likeness (QED) is 0.566. The van der Waals surface area contributed by atoms with Gasteiger partial charge in [-0.15, -0.1) is 6.58 Å². The lowest BCUT2D eigenvalue weighted by molar-refractivity contribution is 1.08. The van der Waals surface area contributed by atoms with Crippen LogP contribution in [0.1, 0.15) is 18.4 Å². The molecule has 2 aromatic carbocycles. The number of nitrogens with one attached hydrogen (secondary N) is 1. The van der Waals surface area contributed by atoms with Gasteiger partial charge in [0.25, 0.3) is 0 Å². The van der Waals surface area contributed by atoms with Gasteiger partial charge in [-0.3, -0.25) is 0 Å². The molecule has 0 radical (unpaired) electrons. The van der Waals surface area contributed by atoms with Crippen LogP contribution in [-0.4, -0.2) is 5.71 Å². The molecule has 0 saturated heterocycles. The molecule has 0 aliphatic rings. The van der Waals surface area contributed by atoms with Crippen LogP contribution >= 0.6 is 11.8 Å². The highest BCUT2D eigenvalue weighted by atomic mass is 32.2. The van der Waals surface area contributed by atoms with Gasteiger partial charge in [0.15, 0.2) is 0 Å². The van der Waals surface area contributed by atoms with E-state index in [1.54, 1.807) is 11.8 Å². The molecule has 96 valence electrons. The fourth-order valence-electron chi connectivity index (χ4n) is 1.74. The maximum absolute atomic E-state index is 7.97. The lowest BCUT2D eigenvalue weighted by Gasteiger charge is -2.05. The average molecular weight is 267 g/mol. The van der Waals surface area contributed by atoms with Crippen molar-refractivity contribution in [3.05, 3.63) is 72.8 Å². The van der Waals surface area contributed by atoms with Crippen LogP contribution in [0.2, 0.25) is 0 Å². The van der Waals surface area contributed by atoms with Crippen molar-refractivity contribution in [1.29, 1.82) is 5.41 Å². The molecular formula is C17H17NS. The topological polar surface area (TPSA) is 23.9 Å². The Morgan fingerprint density at radius 3 is 2.26 bits per heavy atom. The third kappa shape index (κ3) is 4.11. The normalized spacial score (nSPS) is 10.1. The van der Waals surface area contributed by atoms with E-state index in [9.17, 15) is 0 Å². The maximum atomic E-state index is 7.97. The van der Waals surface area contributed by atoms with Crippen LogP contribution in [-0.2, 0) is 0 Å². The molecule has 0 aromatic heterocycles. The summed E-state index contributed by atoms with van der Waals surface area (Å²) in [5, 5.41) is 7.97. The van der Waals surface area contributed by atoms with Crippen LogP contribution in [0.25, 0.3) is 0 Å². The first-order valence-electron chi connectivity index (χ1n) is 6.31. The molecule has 0 aliphatic carbocycles. The monoisotopic (exact) mass is 267 g/mol. The van der Waals surface area contributed by atoms with Gasteiger partial charge >= 0.3 is 0 Å². The van der Waals surface area contributed by atoms with Gasteiger partial charge in [0.05, 0.1) is 0 Å². The van der Waals surface area contributed by atoms with Crippen LogP contribution in [0.4, 0.5) is 0 Å². The molecule has 0 aliphatic heterocycles. The summed E-state index contributed by atoms with van der Waals surface area (Å²) in [4.78, 5) is 2.43. The summed E-state index contributed by atoms with van der Waals surface area (Å²) >= 11 is 1.74. The fraction of sp³-hybridized carbons (Fsp3) is 0.118. The average Bonchev–Trinajstić information content (AvgIpc) is 2.46. The van der Waals surface area contributed by atoms with Crippen molar-refractivity contribution < 1.29 is 0 Å². The number of benzene rings is 2. The maximum Gasteiger partial charge on any atom is 0.0389 e. The Labute approximate surface area is 118 Å². The summed E-state index contributed by atoms with van der Waals surface area (Å²) in [6.45, 7) is 3.69. The molecule has 2 heteroatoms. The molecular weight excluding hydrogens is 250 g/mol. The second kappa shape index (κ2) is 6.95. The largest absolute Gasteiger partial charge is 0.305 e. The molecule has 2 rings (SSSR count). The van der Waals surface area contributed by atoms with E-state index in [0.29, 0.717) is 5.71 Å². The lowest BCUT2D eigenvalue weighted by atomic mass is 10.1. The van der Waals surface area contributed by atoms with E-state index in [-0.39, 0.29) is 0 Å². The molecule has 19 heavy (non-hydrogen) atoms. The van der Waals surface area contributed by atoms with Crippen molar-refractivity contribution in [2.75, 3.05) is 0 Å². The highest BCUT2D eigenvalue weighted by molar-refractivity contribution is 7.99. The summed E-state index contributed by atoms with van der Waals surface area (Å²) in [6, 6.07) is 18.5. The third-order valence-corrected chi connectivity index (χ3v) is 3.80. The van der Waals surface area contributed by atoms with Gasteiger partial charge in [-0.25, -0.2) is 0 Å². The molecule has 0 saturated carbocycles. The van der Waals surface area contributed by atoms with E-state index < -0.39 is 0 Å². The number of hydrogen-bond acceptors (Lipinski definition) is 2. The van der Waals surface area contributed by atoms with Gasteiger partial charge in [0.2, 0.25) is 0 Å². The van der Waals surface area contributed by atoms with Crippen molar-refractivity contribution >= 4 is 17.5 Å². The van der Waals surface area contributed by atoms with Gasteiger partial charge in [-0.05, 0) is 42.7 Å². The summed E-state index contributed by atoms with van der Waals surface area (Å²) in [7, 11) is 0. The van der Waals surface area contributed by atoms with E-state index >= 15 is 0 Å². The lowest BCUT2D eigenvalue weighted by Crippen LogP contribution is -1.97. The summed E-state index contributed by atoms with van der Waals surface area (Å²) in [6.07, 6.45) is 3.47. The summed E-state index contributed by atoms with van der Waals surface area (Å²) < 4.78 is 0. The first-order valence-corrected chi connectivity index (χ1v) is 7.13. The first-order chi connectivity index (χ1) is 9.29. The minimum Gasteiger partial charge on any atom is -0.305 e. The van der Waals surface area contributed by atoms with Crippen LogP contribution in [0.3, 0.4) is 0 Å². The van der Waals surface area contributed by atoms with Gasteiger partial charge in [-0.2, -0.15) is 0 Å². The Balaban J connectivity index is 2.02. The van der Waals surface area contributed by atoms with Gasteiger partial charge in [0.1, 0.15) is 0 Å². The zero-order chi connectivity index (χ0) is 13.5. The Morgan fingerprint density at radius 1 is 1.00 bits per heavy atom. The molecule has 0 spiro atoms. The molecule has 1 N–H and O–H groups in total. The van der Waals surface area contributed by atoms with Crippen molar-refractivity contribution in [1.82, 2.24) is 0 Å². The molecule has 0 amide bonds. The van der Waals surface area contributed by atoms with Crippen LogP contribution in [0.15, 0.2) is 77.0 Å².